The van der Waals surface area contributed by atoms with Gasteiger partial charge in [-0.3, -0.25) is 0 Å². The van der Waals surface area contributed by atoms with E-state index in [0.29, 0.717) is 18.5 Å². The molecule has 6 nitrogen and oxygen atoms in total. The van der Waals surface area contributed by atoms with Crippen molar-refractivity contribution in [1.82, 2.24) is 14.5 Å². The maximum absolute atomic E-state index is 13.7. The quantitative estimate of drug-likeness (QED) is 0.517. The summed E-state index contributed by atoms with van der Waals surface area (Å²) in [7, 11) is 1.65. The van der Waals surface area contributed by atoms with Gasteiger partial charge in [0.25, 0.3) is 0 Å². The fraction of sp³-hybridized carbons (Fsp3) is 0.308. The Hall–Kier alpha value is -3.68. The molecule has 0 N–H and O–H groups in total. The van der Waals surface area contributed by atoms with Crippen LogP contribution in [0.3, 0.4) is 0 Å². The lowest BCUT2D eigenvalue weighted by atomic mass is 9.99. The predicted molar refractivity (Wildman–Crippen MR) is 126 cm³/mol. The van der Waals surface area contributed by atoms with Gasteiger partial charge in [0, 0.05) is 37.3 Å². The second kappa shape index (κ2) is 9.29. The lowest BCUT2D eigenvalue weighted by Crippen LogP contribution is -2.37. The molecule has 34 heavy (non-hydrogen) atoms. The smallest absolute Gasteiger partial charge is 0.171 e. The topological polar surface area (TPSA) is 51.9 Å². The van der Waals surface area contributed by atoms with Crippen LogP contribution in [0.2, 0.25) is 0 Å². The number of methoxy groups -OCH3 is 1. The number of fused-ring (bicyclic) bond motifs is 1. The number of aryl methyl sites for hydroxylation is 1. The Labute approximate surface area is 197 Å². The molecule has 0 unspecified atom stereocenters. The van der Waals surface area contributed by atoms with Gasteiger partial charge < -0.3 is 19.0 Å². The minimum Gasteiger partial charge on any atom is -0.495 e. The van der Waals surface area contributed by atoms with E-state index in [1.165, 1.54) is 12.1 Å². The van der Waals surface area contributed by atoms with E-state index in [1.54, 1.807) is 13.4 Å². The van der Waals surface area contributed by atoms with Crippen LogP contribution in [0.15, 0.2) is 59.7 Å². The Kier molecular flexibility index (Phi) is 6.04. The molecule has 0 radical (unpaired) electrons. The van der Waals surface area contributed by atoms with E-state index < -0.39 is 17.7 Å². The number of rotatable bonds is 4. The van der Waals surface area contributed by atoms with E-state index in [0.717, 1.165) is 59.6 Å². The Morgan fingerprint density at radius 1 is 1.12 bits per heavy atom. The summed E-state index contributed by atoms with van der Waals surface area (Å²) >= 11 is 0. The summed E-state index contributed by atoms with van der Waals surface area (Å²) in [5.74, 6) is 0.291. The van der Waals surface area contributed by atoms with Crippen molar-refractivity contribution in [3.8, 4) is 11.4 Å². The average Bonchev–Trinajstić information content (AvgIpc) is 3.12. The molecule has 3 aromatic rings. The van der Waals surface area contributed by atoms with Gasteiger partial charge in [0.05, 0.1) is 24.8 Å². The van der Waals surface area contributed by atoms with Crippen molar-refractivity contribution in [2.24, 2.45) is 5.16 Å². The van der Waals surface area contributed by atoms with Crippen LogP contribution in [-0.2, 0) is 4.84 Å². The number of oxime groups is 1. The van der Waals surface area contributed by atoms with Gasteiger partial charge >= 0.3 is 0 Å². The summed E-state index contributed by atoms with van der Waals surface area (Å²) in [5, 5.41) is 4.44. The van der Waals surface area contributed by atoms with Gasteiger partial charge in [-0.1, -0.05) is 11.2 Å². The number of aromatic nitrogens is 2. The summed E-state index contributed by atoms with van der Waals surface area (Å²) < 4.78 is 35.0. The number of halogens is 2. The third-order valence-electron chi connectivity index (χ3n) is 6.18. The number of amidine groups is 1. The highest BCUT2D eigenvalue weighted by Gasteiger charge is 2.28. The second-order valence-corrected chi connectivity index (χ2v) is 8.61. The SMILES string of the molecule is COc1cc(C=C2CCCN3CC[C@@H](c4cc(F)cc(F)c4)ON=C23)ccc1-n1cnc(C)c1. The van der Waals surface area contributed by atoms with Crippen LogP contribution in [0, 0.1) is 18.6 Å². The first-order valence-electron chi connectivity index (χ1n) is 11.3. The van der Waals surface area contributed by atoms with E-state index in [-0.39, 0.29) is 0 Å². The molecule has 2 aliphatic heterocycles. The summed E-state index contributed by atoms with van der Waals surface area (Å²) in [6.07, 6.45) is 7.77. The predicted octanol–water partition coefficient (Wildman–Crippen LogP) is 5.42. The fourth-order valence-corrected chi connectivity index (χ4v) is 4.53. The number of ether oxygens (including phenoxy) is 1. The van der Waals surface area contributed by atoms with E-state index in [1.807, 2.05) is 35.9 Å². The van der Waals surface area contributed by atoms with Crippen molar-refractivity contribution in [3.05, 3.63) is 83.0 Å². The molecular formula is C26H26F2N4O2. The van der Waals surface area contributed by atoms with Crippen LogP contribution in [0.4, 0.5) is 8.78 Å². The number of piperidine rings is 1. The molecule has 0 spiro atoms. The zero-order chi connectivity index (χ0) is 23.7. The molecular weight excluding hydrogens is 438 g/mol. The lowest BCUT2D eigenvalue weighted by molar-refractivity contribution is 0.0572. The minimum atomic E-state index is -0.614. The number of nitrogens with zero attached hydrogens (tertiary/aromatic N) is 4. The van der Waals surface area contributed by atoms with Crippen molar-refractivity contribution >= 4 is 11.9 Å². The van der Waals surface area contributed by atoms with Crippen molar-refractivity contribution in [2.75, 3.05) is 20.2 Å². The third-order valence-corrected chi connectivity index (χ3v) is 6.18. The number of benzene rings is 2. The Bertz CT molecular complexity index is 1250. The normalized spacial score (nSPS) is 19.3. The molecule has 1 saturated heterocycles. The molecule has 1 fully saturated rings. The van der Waals surface area contributed by atoms with E-state index in [4.69, 9.17) is 9.57 Å². The monoisotopic (exact) mass is 464 g/mol. The maximum Gasteiger partial charge on any atom is 0.171 e. The average molecular weight is 465 g/mol. The van der Waals surface area contributed by atoms with Crippen molar-refractivity contribution in [1.29, 1.82) is 0 Å². The summed E-state index contributed by atoms with van der Waals surface area (Å²) in [4.78, 5) is 12.3. The molecule has 0 aliphatic carbocycles. The molecule has 1 atom stereocenters. The molecule has 0 amide bonds. The van der Waals surface area contributed by atoms with Gasteiger partial charge in [0.2, 0.25) is 0 Å². The van der Waals surface area contributed by atoms with Crippen molar-refractivity contribution in [3.63, 3.8) is 0 Å². The highest BCUT2D eigenvalue weighted by molar-refractivity contribution is 6.02. The van der Waals surface area contributed by atoms with Gasteiger partial charge in [0.15, 0.2) is 11.9 Å². The molecule has 176 valence electrons. The Morgan fingerprint density at radius 3 is 2.68 bits per heavy atom. The van der Waals surface area contributed by atoms with Crippen LogP contribution in [-0.4, -0.2) is 40.5 Å². The second-order valence-electron chi connectivity index (χ2n) is 8.61. The van der Waals surface area contributed by atoms with Crippen LogP contribution in [0.1, 0.15) is 42.2 Å². The van der Waals surface area contributed by atoms with Crippen molar-refractivity contribution < 1.29 is 18.4 Å². The molecule has 2 aromatic carbocycles. The minimum absolute atomic E-state index is 0.460. The first-order chi connectivity index (χ1) is 16.5. The zero-order valence-electron chi connectivity index (χ0n) is 19.2. The van der Waals surface area contributed by atoms with E-state index in [2.05, 4.69) is 21.1 Å². The molecule has 0 bridgehead atoms. The Morgan fingerprint density at radius 2 is 1.94 bits per heavy atom. The van der Waals surface area contributed by atoms with Gasteiger partial charge in [0.1, 0.15) is 17.4 Å². The highest BCUT2D eigenvalue weighted by atomic mass is 19.1. The molecule has 2 aliphatic rings. The first kappa shape index (κ1) is 22.1. The summed E-state index contributed by atoms with van der Waals surface area (Å²) in [6, 6.07) is 9.52. The first-order valence-corrected chi connectivity index (χ1v) is 11.3. The highest BCUT2D eigenvalue weighted by Crippen LogP contribution is 2.31. The Balaban J connectivity index is 1.43. The molecule has 0 saturated carbocycles. The molecule has 8 heteroatoms. The maximum atomic E-state index is 13.7. The standard InChI is InChI=1S/C26H26F2N4O2/c1-17-15-32(16-29-17)23-6-5-18(11-25(23)33-2)10-19-4-3-8-31-9-7-24(34-30-26(19)31)20-12-21(27)14-22(28)13-20/h5-6,10-16,24H,3-4,7-9H2,1-2H3/t24-/m0/s1. The van der Waals surface area contributed by atoms with Crippen molar-refractivity contribution in [2.45, 2.75) is 32.3 Å². The summed E-state index contributed by atoms with van der Waals surface area (Å²) in [6.45, 7) is 3.51. The third kappa shape index (κ3) is 4.53. The lowest BCUT2D eigenvalue weighted by Gasteiger charge is -2.29. The summed E-state index contributed by atoms with van der Waals surface area (Å²) in [5.41, 5.74) is 4.36. The fourth-order valence-electron chi connectivity index (χ4n) is 4.53. The number of hydrogen-bond donors (Lipinski definition) is 0. The molecule has 5 rings (SSSR count). The zero-order valence-corrected chi connectivity index (χ0v) is 19.2. The van der Waals surface area contributed by atoms with E-state index >= 15 is 0 Å². The van der Waals surface area contributed by atoms with Gasteiger partial charge in [-0.2, -0.15) is 0 Å². The van der Waals surface area contributed by atoms with Crippen LogP contribution >= 0.6 is 0 Å². The van der Waals surface area contributed by atoms with Crippen LogP contribution < -0.4 is 4.74 Å². The molecule has 1 aromatic heterocycles. The van der Waals surface area contributed by atoms with Gasteiger partial charge in [-0.05, 0) is 61.2 Å². The number of imidazole rings is 1. The van der Waals surface area contributed by atoms with Crippen LogP contribution in [0.5, 0.6) is 5.75 Å². The molecule has 3 heterocycles. The van der Waals surface area contributed by atoms with Crippen LogP contribution in [0.25, 0.3) is 11.8 Å². The number of hydrogen-bond acceptors (Lipinski definition) is 5. The van der Waals surface area contributed by atoms with Gasteiger partial charge in [-0.25, -0.2) is 13.8 Å². The van der Waals surface area contributed by atoms with Gasteiger partial charge in [-0.15, -0.1) is 0 Å². The van der Waals surface area contributed by atoms with E-state index in [9.17, 15) is 8.78 Å². The largest absolute Gasteiger partial charge is 0.495 e.